The van der Waals surface area contributed by atoms with Crippen LogP contribution in [-0.4, -0.2) is 15.5 Å². The third-order valence-electron chi connectivity index (χ3n) is 4.24. The van der Waals surface area contributed by atoms with E-state index >= 15 is 0 Å². The van der Waals surface area contributed by atoms with Crippen molar-refractivity contribution in [3.8, 4) is 17.6 Å². The Labute approximate surface area is 175 Å². The number of rotatable bonds is 8. The molecule has 0 aliphatic heterocycles. The first-order valence-corrected chi connectivity index (χ1v) is 10.5. The van der Waals surface area contributed by atoms with E-state index in [9.17, 15) is 13.7 Å². The van der Waals surface area contributed by atoms with Crippen LogP contribution < -0.4 is 14.8 Å². The quantitative estimate of drug-likeness (QED) is 0.539. The summed E-state index contributed by atoms with van der Waals surface area (Å²) in [7, 11) is -2.44. The monoisotopic (exact) mass is 420 g/mol. The molecular weight excluding hydrogens is 400 g/mol. The van der Waals surface area contributed by atoms with E-state index < -0.39 is 14.7 Å². The second kappa shape index (κ2) is 9.63. The Morgan fingerprint density at radius 3 is 2.20 bits per heavy atom. The highest BCUT2D eigenvalue weighted by Crippen LogP contribution is 2.23. The predicted molar refractivity (Wildman–Crippen MR) is 115 cm³/mol. The van der Waals surface area contributed by atoms with Crippen LogP contribution in [0.3, 0.4) is 0 Å². The van der Waals surface area contributed by atoms with Crippen molar-refractivity contribution in [2.24, 2.45) is 0 Å². The Morgan fingerprint density at radius 1 is 0.967 bits per heavy atom. The van der Waals surface area contributed by atoms with Crippen LogP contribution in [0.4, 0.5) is 5.69 Å². The number of ether oxygens (including phenoxy) is 2. The predicted octanol–water partition coefficient (Wildman–Crippen LogP) is 4.52. The molecule has 0 aliphatic rings. The number of methoxy groups -OCH3 is 1. The second-order valence-electron chi connectivity index (χ2n) is 6.24. The van der Waals surface area contributed by atoms with E-state index in [4.69, 9.17) is 9.47 Å². The molecule has 7 heteroatoms. The van der Waals surface area contributed by atoms with Crippen molar-refractivity contribution in [2.45, 2.75) is 11.5 Å². The number of allylic oxidation sites excluding steroid dienone is 1. The van der Waals surface area contributed by atoms with Gasteiger partial charge in [-0.05, 0) is 54.1 Å². The van der Waals surface area contributed by atoms with Crippen molar-refractivity contribution in [1.82, 2.24) is 0 Å². The maximum Gasteiger partial charge on any atom is 0.218 e. The third kappa shape index (κ3) is 5.19. The first-order chi connectivity index (χ1) is 14.5. The Balaban J connectivity index is 1.67. The van der Waals surface area contributed by atoms with Gasteiger partial charge in [0.1, 0.15) is 24.2 Å². The summed E-state index contributed by atoms with van der Waals surface area (Å²) in [4.78, 5) is -0.375. The molecule has 3 aromatic rings. The van der Waals surface area contributed by atoms with Gasteiger partial charge < -0.3 is 14.8 Å². The van der Waals surface area contributed by atoms with Crippen molar-refractivity contribution < 1.29 is 17.9 Å². The summed E-state index contributed by atoms with van der Waals surface area (Å²) in [6.45, 7) is 0.451. The molecule has 0 fully saturated rings. The number of hydrogen-bond donors (Lipinski definition) is 1. The zero-order valence-electron chi connectivity index (χ0n) is 16.3. The molecule has 152 valence electrons. The van der Waals surface area contributed by atoms with E-state index in [1.165, 1.54) is 37.6 Å². The van der Waals surface area contributed by atoms with Crippen LogP contribution in [-0.2, 0) is 16.4 Å². The Morgan fingerprint density at radius 2 is 1.60 bits per heavy atom. The van der Waals surface area contributed by atoms with Crippen molar-refractivity contribution in [2.75, 3.05) is 12.4 Å². The first kappa shape index (κ1) is 21.0. The van der Waals surface area contributed by atoms with Crippen LogP contribution in [0, 0.1) is 11.3 Å². The lowest BCUT2D eigenvalue weighted by molar-refractivity contribution is 0.306. The van der Waals surface area contributed by atoms with Gasteiger partial charge in [0.05, 0.1) is 12.0 Å². The smallest absolute Gasteiger partial charge is 0.218 e. The number of anilines is 1. The summed E-state index contributed by atoms with van der Waals surface area (Å²) < 4.78 is 36.1. The number of nitrogens with zero attached hydrogens (tertiary/aromatic N) is 1. The standard InChI is InChI=1S/C23H20N2O4S/c1-28-20-11-13-22(14-12-20)30(26,27)23(15-24)16-25-19-7-9-21(10-8-19)29-17-18-5-3-2-4-6-18/h2-14,16,25H,17H2,1H3/b23-16+. The SMILES string of the molecule is COc1ccc(S(=O)(=O)/C(C#N)=C/Nc2ccc(OCc3ccccc3)cc2)cc1. The fraction of sp³-hybridized carbons (Fsp3) is 0.0870. The van der Waals surface area contributed by atoms with Crippen LogP contribution in [0.1, 0.15) is 5.56 Å². The lowest BCUT2D eigenvalue weighted by Crippen LogP contribution is -2.05. The first-order valence-electron chi connectivity index (χ1n) is 9.05. The summed E-state index contributed by atoms with van der Waals surface area (Å²) in [6.07, 6.45) is 1.18. The normalized spacial score (nSPS) is 11.4. The van der Waals surface area contributed by atoms with Crippen LogP contribution in [0.5, 0.6) is 11.5 Å². The van der Waals surface area contributed by atoms with Gasteiger partial charge in [0, 0.05) is 11.9 Å². The molecule has 0 amide bonds. The molecule has 0 unspecified atom stereocenters. The summed E-state index contributed by atoms with van der Waals surface area (Å²) in [5.41, 5.74) is 1.68. The molecule has 0 saturated heterocycles. The number of benzene rings is 3. The minimum Gasteiger partial charge on any atom is -0.497 e. The summed E-state index contributed by atoms with van der Waals surface area (Å²) in [5.74, 6) is 1.21. The molecule has 3 rings (SSSR count). The maximum absolute atomic E-state index is 12.7. The van der Waals surface area contributed by atoms with Gasteiger partial charge in [0.25, 0.3) is 0 Å². The molecule has 0 spiro atoms. The van der Waals surface area contributed by atoms with E-state index in [1.54, 1.807) is 30.3 Å². The van der Waals surface area contributed by atoms with Crippen molar-refractivity contribution >= 4 is 15.5 Å². The minimum absolute atomic E-state index is 0.0163. The van der Waals surface area contributed by atoms with E-state index in [1.807, 2.05) is 30.3 Å². The molecule has 0 atom stereocenters. The largest absolute Gasteiger partial charge is 0.497 e. The molecule has 6 nitrogen and oxygen atoms in total. The fourth-order valence-corrected chi connectivity index (χ4v) is 3.67. The van der Waals surface area contributed by atoms with Gasteiger partial charge in [-0.15, -0.1) is 0 Å². The maximum atomic E-state index is 12.7. The summed E-state index contributed by atoms with van der Waals surface area (Å²) in [5, 5.41) is 12.2. The topological polar surface area (TPSA) is 88.4 Å². The number of hydrogen-bond acceptors (Lipinski definition) is 6. The molecule has 0 aromatic heterocycles. The number of nitrogens with one attached hydrogen (secondary N) is 1. The van der Waals surface area contributed by atoms with E-state index in [2.05, 4.69) is 5.32 Å². The van der Waals surface area contributed by atoms with Crippen molar-refractivity contribution in [1.29, 1.82) is 5.26 Å². The lowest BCUT2D eigenvalue weighted by atomic mass is 10.2. The molecule has 0 aliphatic carbocycles. The molecular formula is C23H20N2O4S. The highest BCUT2D eigenvalue weighted by molar-refractivity contribution is 7.95. The van der Waals surface area contributed by atoms with Gasteiger partial charge >= 0.3 is 0 Å². The summed E-state index contributed by atoms with van der Waals surface area (Å²) in [6, 6.07) is 24.4. The number of nitriles is 1. The molecule has 0 saturated carbocycles. The second-order valence-corrected chi connectivity index (χ2v) is 8.16. The van der Waals surface area contributed by atoms with Crippen LogP contribution in [0.25, 0.3) is 0 Å². The highest BCUT2D eigenvalue weighted by atomic mass is 32.2. The molecule has 30 heavy (non-hydrogen) atoms. The molecule has 0 heterocycles. The Hall–Kier alpha value is -3.76. The minimum atomic E-state index is -3.94. The van der Waals surface area contributed by atoms with Crippen LogP contribution in [0.15, 0.2) is 94.9 Å². The average molecular weight is 420 g/mol. The van der Waals surface area contributed by atoms with Gasteiger partial charge in [0.2, 0.25) is 9.84 Å². The van der Waals surface area contributed by atoms with Gasteiger partial charge in [-0.3, -0.25) is 0 Å². The van der Waals surface area contributed by atoms with Crippen LogP contribution in [0.2, 0.25) is 0 Å². The Kier molecular flexibility index (Phi) is 6.73. The molecule has 3 aromatic carbocycles. The van der Waals surface area contributed by atoms with Crippen LogP contribution >= 0.6 is 0 Å². The molecule has 0 radical (unpaired) electrons. The molecule has 0 bridgehead atoms. The van der Waals surface area contributed by atoms with Gasteiger partial charge in [0.15, 0.2) is 4.91 Å². The zero-order valence-corrected chi connectivity index (χ0v) is 17.1. The fourth-order valence-electron chi connectivity index (χ4n) is 2.59. The third-order valence-corrected chi connectivity index (χ3v) is 5.92. The lowest BCUT2D eigenvalue weighted by Gasteiger charge is -2.08. The summed E-state index contributed by atoms with van der Waals surface area (Å²) >= 11 is 0. The highest BCUT2D eigenvalue weighted by Gasteiger charge is 2.20. The van der Waals surface area contributed by atoms with Gasteiger partial charge in [-0.25, -0.2) is 8.42 Å². The zero-order chi connectivity index (χ0) is 21.4. The average Bonchev–Trinajstić information content (AvgIpc) is 2.79. The van der Waals surface area contributed by atoms with Crippen molar-refractivity contribution in [3.05, 3.63) is 95.5 Å². The number of sulfone groups is 1. The van der Waals surface area contributed by atoms with Gasteiger partial charge in [-0.1, -0.05) is 30.3 Å². The molecule has 1 N–H and O–H groups in total. The van der Waals surface area contributed by atoms with E-state index in [0.717, 1.165) is 5.56 Å². The Bertz CT molecular complexity index is 1150. The van der Waals surface area contributed by atoms with Crippen molar-refractivity contribution in [3.63, 3.8) is 0 Å². The van der Waals surface area contributed by atoms with E-state index in [0.29, 0.717) is 23.8 Å². The van der Waals surface area contributed by atoms with Gasteiger partial charge in [-0.2, -0.15) is 5.26 Å². The van der Waals surface area contributed by atoms with E-state index in [-0.39, 0.29) is 4.90 Å².